The Balaban J connectivity index is 3.79. The Labute approximate surface area is 106 Å². The number of hydrogen-bond donors (Lipinski definition) is 0. The number of allylic oxidation sites excluding steroid dienone is 6. The molecule has 0 saturated heterocycles. The lowest BCUT2D eigenvalue weighted by atomic mass is 10.1. The third-order valence-electron chi connectivity index (χ3n) is 2.55. The fourth-order valence-electron chi connectivity index (χ4n) is 1.47. The first kappa shape index (κ1) is 15.5. The van der Waals surface area contributed by atoms with Gasteiger partial charge in [0.1, 0.15) is 0 Å². The lowest BCUT2D eigenvalue weighted by Gasteiger charge is -2.00. The highest BCUT2D eigenvalue weighted by Crippen LogP contribution is 2.11. The van der Waals surface area contributed by atoms with Crippen molar-refractivity contribution in [1.29, 1.82) is 0 Å². The van der Waals surface area contributed by atoms with E-state index >= 15 is 0 Å². The van der Waals surface area contributed by atoms with E-state index in [4.69, 9.17) is 11.6 Å². The highest BCUT2D eigenvalue weighted by atomic mass is 35.5. The van der Waals surface area contributed by atoms with Crippen LogP contribution < -0.4 is 0 Å². The number of alkyl halides is 1. The third kappa shape index (κ3) is 10.0. The Morgan fingerprint density at radius 3 is 1.81 bits per heavy atom. The van der Waals surface area contributed by atoms with Gasteiger partial charge in [0.25, 0.3) is 0 Å². The van der Waals surface area contributed by atoms with E-state index in [2.05, 4.69) is 45.9 Å². The largest absolute Gasteiger partial charge is 0.122 e. The standard InChI is InChI=1S/C15H25Cl/c1-13(2)7-5-8-14(3)9-6-10-15(4)11-12-16/h7,9,11H,5-6,8,10,12H2,1-4H3/b14-9?,15-11+. The minimum absolute atomic E-state index is 0.634. The van der Waals surface area contributed by atoms with Gasteiger partial charge in [-0.1, -0.05) is 34.9 Å². The molecule has 16 heavy (non-hydrogen) atoms. The average Bonchev–Trinajstić information content (AvgIpc) is 2.17. The Bertz CT molecular complexity index is 265. The van der Waals surface area contributed by atoms with Gasteiger partial charge in [-0.15, -0.1) is 11.6 Å². The second-order valence-electron chi connectivity index (χ2n) is 4.61. The Hall–Kier alpha value is -0.490. The van der Waals surface area contributed by atoms with Crippen molar-refractivity contribution < 1.29 is 0 Å². The van der Waals surface area contributed by atoms with Crippen LogP contribution >= 0.6 is 11.6 Å². The van der Waals surface area contributed by atoms with Crippen LogP contribution in [0.3, 0.4) is 0 Å². The van der Waals surface area contributed by atoms with Gasteiger partial charge in [-0.2, -0.15) is 0 Å². The summed E-state index contributed by atoms with van der Waals surface area (Å²) < 4.78 is 0. The molecule has 0 nitrogen and oxygen atoms in total. The summed E-state index contributed by atoms with van der Waals surface area (Å²) in [6.07, 6.45) is 11.4. The lowest BCUT2D eigenvalue weighted by Crippen LogP contribution is -1.81. The summed E-state index contributed by atoms with van der Waals surface area (Å²) in [5.74, 6) is 0.634. The summed E-state index contributed by atoms with van der Waals surface area (Å²) >= 11 is 5.64. The molecular formula is C15H25Cl. The van der Waals surface area contributed by atoms with Crippen molar-refractivity contribution in [3.05, 3.63) is 34.9 Å². The van der Waals surface area contributed by atoms with Gasteiger partial charge in [-0.25, -0.2) is 0 Å². The Morgan fingerprint density at radius 1 is 0.812 bits per heavy atom. The van der Waals surface area contributed by atoms with E-state index in [0.29, 0.717) is 5.88 Å². The van der Waals surface area contributed by atoms with Crippen molar-refractivity contribution in [3.8, 4) is 0 Å². The molecule has 0 aliphatic rings. The quantitative estimate of drug-likeness (QED) is 0.399. The Kier molecular flexibility index (Phi) is 9.42. The first-order valence-electron chi connectivity index (χ1n) is 6.07. The van der Waals surface area contributed by atoms with E-state index in [-0.39, 0.29) is 0 Å². The average molecular weight is 241 g/mol. The molecule has 0 heterocycles. The molecule has 0 aliphatic heterocycles. The molecule has 0 atom stereocenters. The number of hydrogen-bond acceptors (Lipinski definition) is 0. The van der Waals surface area contributed by atoms with Crippen molar-refractivity contribution >= 4 is 11.6 Å². The third-order valence-corrected chi connectivity index (χ3v) is 2.70. The van der Waals surface area contributed by atoms with Gasteiger partial charge in [0.05, 0.1) is 0 Å². The zero-order valence-corrected chi connectivity index (χ0v) is 11.9. The van der Waals surface area contributed by atoms with Gasteiger partial charge in [0.15, 0.2) is 0 Å². The van der Waals surface area contributed by atoms with Crippen LogP contribution in [0.4, 0.5) is 0 Å². The maximum absolute atomic E-state index is 5.64. The molecule has 0 fully saturated rings. The van der Waals surface area contributed by atoms with Crippen LogP contribution in [0.2, 0.25) is 0 Å². The molecule has 0 bridgehead atoms. The minimum Gasteiger partial charge on any atom is -0.122 e. The molecule has 0 unspecified atom stereocenters. The summed E-state index contributed by atoms with van der Waals surface area (Å²) in [5.41, 5.74) is 4.30. The first-order valence-corrected chi connectivity index (χ1v) is 6.60. The summed E-state index contributed by atoms with van der Waals surface area (Å²) in [5, 5.41) is 0. The van der Waals surface area contributed by atoms with Crippen LogP contribution in [0.5, 0.6) is 0 Å². The van der Waals surface area contributed by atoms with E-state index in [0.717, 1.165) is 12.8 Å². The van der Waals surface area contributed by atoms with Gasteiger partial charge in [-0.3, -0.25) is 0 Å². The van der Waals surface area contributed by atoms with Gasteiger partial charge in [0, 0.05) is 5.88 Å². The second kappa shape index (κ2) is 9.72. The highest BCUT2D eigenvalue weighted by Gasteiger charge is 1.91. The van der Waals surface area contributed by atoms with Crippen molar-refractivity contribution in [3.63, 3.8) is 0 Å². The van der Waals surface area contributed by atoms with Crippen LogP contribution in [0, 0.1) is 0 Å². The van der Waals surface area contributed by atoms with Crippen molar-refractivity contribution in [2.45, 2.75) is 53.4 Å². The van der Waals surface area contributed by atoms with Crippen LogP contribution in [0.25, 0.3) is 0 Å². The predicted octanol–water partition coefficient (Wildman–Crippen LogP) is 5.64. The minimum atomic E-state index is 0.634. The summed E-state index contributed by atoms with van der Waals surface area (Å²) in [6, 6.07) is 0. The van der Waals surface area contributed by atoms with Crippen molar-refractivity contribution in [2.24, 2.45) is 0 Å². The van der Waals surface area contributed by atoms with E-state index in [1.54, 1.807) is 0 Å². The molecule has 0 N–H and O–H groups in total. The van der Waals surface area contributed by atoms with E-state index in [1.807, 2.05) is 0 Å². The predicted molar refractivity (Wildman–Crippen MR) is 76.1 cm³/mol. The van der Waals surface area contributed by atoms with E-state index in [1.165, 1.54) is 29.6 Å². The molecule has 0 spiro atoms. The highest BCUT2D eigenvalue weighted by molar-refractivity contribution is 6.18. The maximum atomic E-state index is 5.64. The van der Waals surface area contributed by atoms with Crippen LogP contribution in [-0.4, -0.2) is 5.88 Å². The zero-order chi connectivity index (χ0) is 12.4. The smallest absolute Gasteiger partial charge is 0.0406 e. The molecule has 0 aromatic rings. The zero-order valence-electron chi connectivity index (χ0n) is 11.1. The molecule has 0 aromatic carbocycles. The molecule has 0 aromatic heterocycles. The van der Waals surface area contributed by atoms with Gasteiger partial charge in [0.2, 0.25) is 0 Å². The molecular weight excluding hydrogens is 216 g/mol. The monoisotopic (exact) mass is 240 g/mol. The molecule has 1 heteroatoms. The van der Waals surface area contributed by atoms with Gasteiger partial charge < -0.3 is 0 Å². The lowest BCUT2D eigenvalue weighted by molar-refractivity contribution is 0.917. The summed E-state index contributed by atoms with van der Waals surface area (Å²) in [4.78, 5) is 0. The number of halogens is 1. The van der Waals surface area contributed by atoms with E-state index in [9.17, 15) is 0 Å². The van der Waals surface area contributed by atoms with Crippen molar-refractivity contribution in [2.75, 3.05) is 5.88 Å². The van der Waals surface area contributed by atoms with Gasteiger partial charge in [-0.05, 0) is 53.4 Å². The Morgan fingerprint density at radius 2 is 1.31 bits per heavy atom. The number of rotatable bonds is 7. The molecule has 0 saturated carbocycles. The normalized spacial score (nSPS) is 12.8. The molecule has 0 rings (SSSR count). The van der Waals surface area contributed by atoms with Gasteiger partial charge >= 0.3 is 0 Å². The van der Waals surface area contributed by atoms with E-state index < -0.39 is 0 Å². The summed E-state index contributed by atoms with van der Waals surface area (Å²) in [6.45, 7) is 8.67. The SMILES string of the molecule is CC(C)=CCCC(C)=CCC/C(C)=C/CCl. The maximum Gasteiger partial charge on any atom is 0.0406 e. The molecule has 0 amide bonds. The van der Waals surface area contributed by atoms with Crippen LogP contribution in [0.1, 0.15) is 53.4 Å². The summed E-state index contributed by atoms with van der Waals surface area (Å²) in [7, 11) is 0. The van der Waals surface area contributed by atoms with Crippen LogP contribution in [0.15, 0.2) is 34.9 Å². The topological polar surface area (TPSA) is 0 Å². The fourth-order valence-corrected chi connectivity index (χ4v) is 1.73. The second-order valence-corrected chi connectivity index (χ2v) is 4.92. The van der Waals surface area contributed by atoms with Crippen LogP contribution in [-0.2, 0) is 0 Å². The van der Waals surface area contributed by atoms with Crippen molar-refractivity contribution in [1.82, 2.24) is 0 Å². The molecule has 0 radical (unpaired) electrons. The molecule has 92 valence electrons. The molecule has 0 aliphatic carbocycles. The fraction of sp³-hybridized carbons (Fsp3) is 0.600. The first-order chi connectivity index (χ1) is 7.56.